The quantitative estimate of drug-likeness (QED) is 0.257. The molecule has 1 aromatic heterocycles. The standard InChI is InChI=1S/C28H27N3O7S/c1-30(21-12-13-39(36,37)17-21)25(32)16-38-28(33)26-22-9-2-3-11-24(22)29-27-19(7-5-10-23(26)27)14-18-6-4-8-20(15-18)31(34)35/h2-4,6,8-9,11,14-15,21H,5,7,10,12-13,16-17H2,1H3/b19-14+/t21-/m1/s1. The van der Waals surface area contributed by atoms with Crippen LogP contribution in [-0.2, 0) is 25.8 Å². The summed E-state index contributed by atoms with van der Waals surface area (Å²) in [4.78, 5) is 43.2. The van der Waals surface area contributed by atoms with Gasteiger partial charge in [0.25, 0.3) is 11.6 Å². The van der Waals surface area contributed by atoms with Gasteiger partial charge < -0.3 is 9.64 Å². The van der Waals surface area contributed by atoms with Gasteiger partial charge in [-0.15, -0.1) is 0 Å². The molecule has 0 N–H and O–H groups in total. The van der Waals surface area contributed by atoms with Crippen molar-refractivity contribution in [3.63, 3.8) is 0 Å². The summed E-state index contributed by atoms with van der Waals surface area (Å²) in [5, 5.41) is 11.8. The Balaban J connectivity index is 1.46. The smallest absolute Gasteiger partial charge is 0.339 e. The zero-order chi connectivity index (χ0) is 27.7. The van der Waals surface area contributed by atoms with Crippen LogP contribution >= 0.6 is 0 Å². The molecule has 2 aromatic carbocycles. The average Bonchev–Trinajstić information content (AvgIpc) is 3.29. The van der Waals surface area contributed by atoms with E-state index in [-0.39, 0.29) is 17.2 Å². The summed E-state index contributed by atoms with van der Waals surface area (Å²) < 4.78 is 29.1. The van der Waals surface area contributed by atoms with Gasteiger partial charge in [-0.1, -0.05) is 30.3 Å². The summed E-state index contributed by atoms with van der Waals surface area (Å²) in [5.74, 6) is -1.17. The lowest BCUT2D eigenvalue weighted by Crippen LogP contribution is -2.40. The minimum absolute atomic E-state index is 0.0130. The lowest BCUT2D eigenvalue weighted by molar-refractivity contribution is -0.384. The topological polar surface area (TPSA) is 137 Å². The Morgan fingerprint density at radius 2 is 1.97 bits per heavy atom. The third kappa shape index (κ3) is 5.53. The van der Waals surface area contributed by atoms with Crippen LogP contribution in [0.25, 0.3) is 22.6 Å². The molecule has 0 spiro atoms. The van der Waals surface area contributed by atoms with E-state index >= 15 is 0 Å². The minimum Gasteiger partial charge on any atom is -0.452 e. The molecular weight excluding hydrogens is 522 g/mol. The van der Waals surface area contributed by atoms with Crippen molar-refractivity contribution in [3.05, 3.63) is 81.0 Å². The summed E-state index contributed by atoms with van der Waals surface area (Å²) in [6.45, 7) is -0.506. The molecule has 0 unspecified atom stereocenters. The minimum atomic E-state index is -3.16. The van der Waals surface area contributed by atoms with Crippen molar-refractivity contribution in [2.24, 2.45) is 0 Å². The van der Waals surface area contributed by atoms with E-state index in [4.69, 9.17) is 9.72 Å². The molecule has 5 rings (SSSR count). The molecule has 39 heavy (non-hydrogen) atoms. The van der Waals surface area contributed by atoms with Crippen molar-refractivity contribution < 1.29 is 27.7 Å². The van der Waals surface area contributed by atoms with Crippen molar-refractivity contribution in [1.82, 2.24) is 9.88 Å². The summed E-state index contributed by atoms with van der Waals surface area (Å²) in [7, 11) is -1.64. The van der Waals surface area contributed by atoms with E-state index in [9.17, 15) is 28.1 Å². The number of amides is 1. The van der Waals surface area contributed by atoms with E-state index < -0.39 is 39.3 Å². The number of nitro benzene ring substituents is 1. The highest BCUT2D eigenvalue weighted by atomic mass is 32.2. The molecule has 2 heterocycles. The molecule has 1 atom stereocenters. The van der Waals surface area contributed by atoms with Gasteiger partial charge in [0.05, 0.1) is 33.2 Å². The molecule has 1 aliphatic carbocycles. The van der Waals surface area contributed by atoms with E-state index in [1.165, 1.54) is 24.1 Å². The van der Waals surface area contributed by atoms with Gasteiger partial charge in [0.2, 0.25) is 0 Å². The number of non-ortho nitro benzene ring substituents is 1. The first-order valence-corrected chi connectivity index (χ1v) is 14.5. The monoisotopic (exact) mass is 549 g/mol. The van der Waals surface area contributed by atoms with E-state index in [0.29, 0.717) is 52.5 Å². The summed E-state index contributed by atoms with van der Waals surface area (Å²) >= 11 is 0. The van der Waals surface area contributed by atoms with Gasteiger partial charge in [0.1, 0.15) is 0 Å². The van der Waals surface area contributed by atoms with Crippen LogP contribution in [-0.4, -0.2) is 66.3 Å². The Kier molecular flexibility index (Phi) is 7.17. The van der Waals surface area contributed by atoms with E-state index in [1.807, 2.05) is 12.1 Å². The molecule has 1 saturated heterocycles. The zero-order valence-corrected chi connectivity index (χ0v) is 22.1. The number of fused-ring (bicyclic) bond motifs is 2. The van der Waals surface area contributed by atoms with Gasteiger partial charge >= 0.3 is 5.97 Å². The Bertz CT molecular complexity index is 1630. The van der Waals surface area contributed by atoms with Gasteiger partial charge in [-0.25, -0.2) is 18.2 Å². The van der Waals surface area contributed by atoms with Crippen LogP contribution in [0.1, 0.15) is 46.4 Å². The number of hydrogen-bond acceptors (Lipinski definition) is 8. The molecule has 10 nitrogen and oxygen atoms in total. The fraction of sp³-hybridized carbons (Fsp3) is 0.321. The Labute approximate surface area is 225 Å². The number of nitrogens with zero attached hydrogens (tertiary/aromatic N) is 3. The van der Waals surface area contributed by atoms with Gasteiger partial charge in [-0.05, 0) is 54.5 Å². The number of sulfone groups is 1. The third-order valence-electron chi connectivity index (χ3n) is 7.27. The van der Waals surface area contributed by atoms with Crippen molar-refractivity contribution in [2.75, 3.05) is 25.2 Å². The fourth-order valence-electron chi connectivity index (χ4n) is 5.22. The van der Waals surface area contributed by atoms with Gasteiger partial charge in [-0.2, -0.15) is 0 Å². The highest BCUT2D eigenvalue weighted by Crippen LogP contribution is 2.36. The molecule has 0 radical (unpaired) electrons. The van der Waals surface area contributed by atoms with Crippen LogP contribution < -0.4 is 0 Å². The Morgan fingerprint density at radius 1 is 1.18 bits per heavy atom. The summed E-state index contributed by atoms with van der Waals surface area (Å²) in [6, 6.07) is 13.1. The van der Waals surface area contributed by atoms with Crippen molar-refractivity contribution in [1.29, 1.82) is 0 Å². The predicted octanol–water partition coefficient (Wildman–Crippen LogP) is 3.82. The Morgan fingerprint density at radius 3 is 2.72 bits per heavy atom. The molecule has 2 aliphatic rings. The van der Waals surface area contributed by atoms with Gasteiger partial charge in [0.15, 0.2) is 16.4 Å². The van der Waals surface area contributed by atoms with Crippen LogP contribution in [0, 0.1) is 10.1 Å². The molecule has 0 bridgehead atoms. The Hall–Kier alpha value is -4.12. The number of nitro groups is 1. The number of esters is 1. The zero-order valence-electron chi connectivity index (χ0n) is 21.3. The number of benzene rings is 2. The summed E-state index contributed by atoms with van der Waals surface area (Å²) in [6.07, 6.45) is 4.23. The number of ether oxygens (including phenoxy) is 1. The first-order chi connectivity index (χ1) is 18.6. The third-order valence-corrected chi connectivity index (χ3v) is 9.02. The highest BCUT2D eigenvalue weighted by molar-refractivity contribution is 7.91. The number of pyridine rings is 1. The number of hydrogen-bond donors (Lipinski definition) is 0. The second-order valence-electron chi connectivity index (χ2n) is 9.84. The number of rotatable bonds is 6. The molecule has 11 heteroatoms. The van der Waals surface area contributed by atoms with Crippen LogP contribution in [0.4, 0.5) is 5.69 Å². The highest BCUT2D eigenvalue weighted by Gasteiger charge is 2.33. The second kappa shape index (κ2) is 10.6. The number of likely N-dealkylation sites (N-methyl/N-ethyl adjacent to an activating group) is 1. The van der Waals surface area contributed by atoms with E-state index in [1.54, 1.807) is 30.3 Å². The second-order valence-corrected chi connectivity index (χ2v) is 12.1. The maximum atomic E-state index is 13.5. The lowest BCUT2D eigenvalue weighted by atomic mass is 9.86. The predicted molar refractivity (Wildman–Crippen MR) is 146 cm³/mol. The number of carbonyl (C=O) groups is 2. The van der Waals surface area contributed by atoms with Crippen LogP contribution in [0.2, 0.25) is 0 Å². The lowest BCUT2D eigenvalue weighted by Gasteiger charge is -2.24. The molecule has 202 valence electrons. The molecule has 0 saturated carbocycles. The molecular formula is C28H27N3O7S. The van der Waals surface area contributed by atoms with Crippen molar-refractivity contribution in [3.8, 4) is 0 Å². The molecule has 1 amide bonds. The van der Waals surface area contributed by atoms with Crippen LogP contribution in [0.3, 0.4) is 0 Å². The fourth-order valence-corrected chi connectivity index (χ4v) is 7.00. The average molecular weight is 550 g/mol. The van der Waals surface area contributed by atoms with Crippen LogP contribution in [0.5, 0.6) is 0 Å². The number of aromatic nitrogens is 1. The summed E-state index contributed by atoms with van der Waals surface area (Å²) in [5.41, 5.74) is 3.79. The molecule has 1 aliphatic heterocycles. The maximum Gasteiger partial charge on any atom is 0.339 e. The van der Waals surface area contributed by atoms with Gasteiger partial charge in [0, 0.05) is 30.6 Å². The number of carbonyl (C=O) groups excluding carboxylic acids is 2. The largest absolute Gasteiger partial charge is 0.452 e. The number of allylic oxidation sites excluding steroid dienone is 1. The number of para-hydroxylation sites is 1. The SMILES string of the molecule is CN(C(=O)COC(=O)c1c2c(nc3ccccc13)/C(=C/c1cccc([N+](=O)[O-])c1)CCC2)[C@@H]1CCS(=O)(=O)C1. The van der Waals surface area contributed by atoms with E-state index in [2.05, 4.69) is 0 Å². The first kappa shape index (κ1) is 26.5. The van der Waals surface area contributed by atoms with Crippen molar-refractivity contribution >= 4 is 50.0 Å². The van der Waals surface area contributed by atoms with Gasteiger partial charge in [-0.3, -0.25) is 14.9 Å². The van der Waals surface area contributed by atoms with E-state index in [0.717, 1.165) is 12.0 Å². The maximum absolute atomic E-state index is 13.5. The first-order valence-electron chi connectivity index (χ1n) is 12.6. The molecule has 3 aromatic rings. The normalized spacial score (nSPS) is 19.0. The van der Waals surface area contributed by atoms with Crippen molar-refractivity contribution in [2.45, 2.75) is 31.7 Å². The van der Waals surface area contributed by atoms with Crippen LogP contribution in [0.15, 0.2) is 48.5 Å². The molecule has 1 fully saturated rings.